The first kappa shape index (κ1) is 19.6. The van der Waals surface area contributed by atoms with E-state index < -0.39 is 5.91 Å². The maximum absolute atomic E-state index is 12.8. The van der Waals surface area contributed by atoms with Crippen molar-refractivity contribution in [3.8, 4) is 6.07 Å². The fraction of sp³-hybridized carbons (Fsp3) is 0.208. The first-order chi connectivity index (χ1) is 14.6. The van der Waals surface area contributed by atoms with Crippen LogP contribution in [0.25, 0.3) is 17.0 Å². The van der Waals surface area contributed by atoms with Gasteiger partial charge in [-0.2, -0.15) is 5.26 Å². The molecule has 1 N–H and O–H groups in total. The summed E-state index contributed by atoms with van der Waals surface area (Å²) in [6.07, 6.45) is 1.62. The molecule has 0 saturated carbocycles. The van der Waals surface area contributed by atoms with Crippen molar-refractivity contribution in [2.45, 2.75) is 6.92 Å². The van der Waals surface area contributed by atoms with Crippen LogP contribution >= 0.6 is 0 Å². The van der Waals surface area contributed by atoms with Gasteiger partial charge in [0.1, 0.15) is 17.5 Å². The van der Waals surface area contributed by atoms with Crippen LogP contribution in [0.5, 0.6) is 0 Å². The molecule has 0 radical (unpaired) electrons. The molecule has 6 heteroatoms. The van der Waals surface area contributed by atoms with Crippen molar-refractivity contribution in [3.05, 3.63) is 71.3 Å². The minimum atomic E-state index is -0.441. The van der Waals surface area contributed by atoms with Crippen molar-refractivity contribution in [1.82, 2.24) is 4.98 Å². The summed E-state index contributed by atoms with van der Waals surface area (Å²) in [5.41, 5.74) is 3.34. The molecule has 3 aromatic rings. The van der Waals surface area contributed by atoms with Gasteiger partial charge in [0.05, 0.1) is 18.7 Å². The molecule has 0 spiro atoms. The topological polar surface area (TPSA) is 78.2 Å². The van der Waals surface area contributed by atoms with E-state index >= 15 is 0 Å². The van der Waals surface area contributed by atoms with E-state index in [4.69, 9.17) is 9.72 Å². The third kappa shape index (κ3) is 4.32. The summed E-state index contributed by atoms with van der Waals surface area (Å²) in [5, 5.41) is 13.4. The summed E-state index contributed by atoms with van der Waals surface area (Å²) < 4.78 is 5.46. The minimum Gasteiger partial charge on any atom is -0.378 e. The number of anilines is 2. The first-order valence-electron chi connectivity index (χ1n) is 9.86. The molecule has 1 saturated heterocycles. The number of nitrogens with one attached hydrogen (secondary N) is 1. The molecule has 1 aliphatic rings. The number of para-hydroxylation sites is 1. The predicted molar refractivity (Wildman–Crippen MR) is 118 cm³/mol. The average molecular weight is 398 g/mol. The maximum Gasteiger partial charge on any atom is 0.266 e. The molecule has 1 amide bonds. The molecule has 2 aromatic carbocycles. The summed E-state index contributed by atoms with van der Waals surface area (Å²) in [6.45, 7) is 4.62. The quantitative estimate of drug-likeness (QED) is 0.532. The Balaban J connectivity index is 1.72. The summed E-state index contributed by atoms with van der Waals surface area (Å²) in [6, 6.07) is 19.3. The number of carbonyl (C=O) groups excluding carboxylic acids is 1. The number of hydrogen-bond acceptors (Lipinski definition) is 5. The van der Waals surface area contributed by atoms with Crippen molar-refractivity contribution < 1.29 is 9.53 Å². The second-order valence-electron chi connectivity index (χ2n) is 7.19. The Labute approximate surface area is 175 Å². The molecule has 1 fully saturated rings. The van der Waals surface area contributed by atoms with Gasteiger partial charge in [0.25, 0.3) is 5.91 Å². The fourth-order valence-corrected chi connectivity index (χ4v) is 3.48. The molecule has 0 atom stereocenters. The highest BCUT2D eigenvalue weighted by Gasteiger charge is 2.18. The Hall–Kier alpha value is -3.69. The molecule has 150 valence electrons. The van der Waals surface area contributed by atoms with E-state index in [1.165, 1.54) is 0 Å². The minimum absolute atomic E-state index is 0.0306. The SMILES string of the molecule is Cc1cccc(NC(=O)C(C#N)=Cc2cc3ccccc3nc2N2CCOCC2)c1. The number of aromatic nitrogens is 1. The molecule has 4 rings (SSSR count). The van der Waals surface area contributed by atoms with Gasteiger partial charge in [-0.15, -0.1) is 0 Å². The molecule has 0 aliphatic carbocycles. The normalized spacial score (nSPS) is 14.4. The third-order valence-corrected chi connectivity index (χ3v) is 4.98. The number of carbonyl (C=O) groups is 1. The van der Waals surface area contributed by atoms with Crippen LogP contribution in [-0.4, -0.2) is 37.2 Å². The number of aryl methyl sites for hydroxylation is 1. The third-order valence-electron chi connectivity index (χ3n) is 4.98. The van der Waals surface area contributed by atoms with Gasteiger partial charge in [-0.1, -0.05) is 30.3 Å². The second-order valence-corrected chi connectivity index (χ2v) is 7.19. The van der Waals surface area contributed by atoms with Crippen LogP contribution in [0.15, 0.2) is 60.2 Å². The lowest BCUT2D eigenvalue weighted by Gasteiger charge is -2.29. The molecule has 0 unspecified atom stereocenters. The number of ether oxygens (including phenoxy) is 1. The Morgan fingerprint density at radius 2 is 1.97 bits per heavy atom. The van der Waals surface area contributed by atoms with Crippen molar-refractivity contribution in [1.29, 1.82) is 5.26 Å². The van der Waals surface area contributed by atoms with Gasteiger partial charge in [0.15, 0.2) is 0 Å². The molecule has 0 bridgehead atoms. The van der Waals surface area contributed by atoms with Crippen LogP contribution < -0.4 is 10.2 Å². The smallest absolute Gasteiger partial charge is 0.266 e. The van der Waals surface area contributed by atoms with Crippen LogP contribution in [0.3, 0.4) is 0 Å². The number of benzene rings is 2. The highest BCUT2D eigenvalue weighted by Crippen LogP contribution is 2.27. The molecule has 1 aliphatic heterocycles. The lowest BCUT2D eigenvalue weighted by Crippen LogP contribution is -2.37. The van der Waals surface area contributed by atoms with E-state index in [9.17, 15) is 10.1 Å². The largest absolute Gasteiger partial charge is 0.378 e. The summed E-state index contributed by atoms with van der Waals surface area (Å²) in [7, 11) is 0. The van der Waals surface area contributed by atoms with E-state index in [0.29, 0.717) is 32.0 Å². The number of morpholine rings is 1. The van der Waals surface area contributed by atoms with Crippen LogP contribution in [-0.2, 0) is 9.53 Å². The van der Waals surface area contributed by atoms with Gasteiger partial charge in [-0.05, 0) is 42.8 Å². The first-order valence-corrected chi connectivity index (χ1v) is 9.86. The fourth-order valence-electron chi connectivity index (χ4n) is 3.48. The van der Waals surface area contributed by atoms with E-state index in [2.05, 4.69) is 10.2 Å². The Morgan fingerprint density at radius 3 is 2.73 bits per heavy atom. The van der Waals surface area contributed by atoms with Gasteiger partial charge < -0.3 is 15.0 Å². The predicted octanol–water partition coefficient (Wildman–Crippen LogP) is 3.93. The van der Waals surface area contributed by atoms with Gasteiger partial charge in [0.2, 0.25) is 0 Å². The number of rotatable bonds is 4. The van der Waals surface area contributed by atoms with Crippen molar-refractivity contribution >= 4 is 34.4 Å². The Kier molecular flexibility index (Phi) is 5.73. The standard InChI is InChI=1S/C24H22N4O2/c1-17-5-4-7-21(13-17)26-24(29)20(16-25)15-19-14-18-6-2-3-8-22(18)27-23(19)28-9-11-30-12-10-28/h2-8,13-15H,9-12H2,1H3,(H,26,29). The number of pyridine rings is 1. The Bertz CT molecular complexity index is 1160. The average Bonchev–Trinajstić information content (AvgIpc) is 2.77. The molecular weight excluding hydrogens is 376 g/mol. The highest BCUT2D eigenvalue weighted by molar-refractivity contribution is 6.10. The van der Waals surface area contributed by atoms with Crippen LogP contribution in [0, 0.1) is 18.3 Å². The van der Waals surface area contributed by atoms with E-state index in [-0.39, 0.29) is 5.57 Å². The number of nitrogens with zero attached hydrogens (tertiary/aromatic N) is 3. The zero-order valence-corrected chi connectivity index (χ0v) is 16.8. The molecule has 2 heterocycles. The molecule has 6 nitrogen and oxygen atoms in total. The van der Waals surface area contributed by atoms with Crippen molar-refractivity contribution in [2.75, 3.05) is 36.5 Å². The van der Waals surface area contributed by atoms with Gasteiger partial charge in [-0.25, -0.2) is 4.98 Å². The van der Waals surface area contributed by atoms with E-state index in [0.717, 1.165) is 27.8 Å². The highest BCUT2D eigenvalue weighted by atomic mass is 16.5. The number of amides is 1. The van der Waals surface area contributed by atoms with Crippen LogP contribution in [0.4, 0.5) is 11.5 Å². The summed E-state index contributed by atoms with van der Waals surface area (Å²) in [5.74, 6) is 0.317. The zero-order valence-electron chi connectivity index (χ0n) is 16.8. The summed E-state index contributed by atoms with van der Waals surface area (Å²) >= 11 is 0. The zero-order chi connectivity index (χ0) is 20.9. The molecular formula is C24H22N4O2. The van der Waals surface area contributed by atoms with Gasteiger partial charge in [0, 0.05) is 29.7 Å². The number of nitriles is 1. The Morgan fingerprint density at radius 1 is 1.17 bits per heavy atom. The van der Waals surface area contributed by atoms with Gasteiger partial charge in [-0.3, -0.25) is 4.79 Å². The van der Waals surface area contributed by atoms with Crippen LogP contribution in [0.1, 0.15) is 11.1 Å². The monoisotopic (exact) mass is 398 g/mol. The maximum atomic E-state index is 12.8. The van der Waals surface area contributed by atoms with E-state index in [1.54, 1.807) is 12.1 Å². The second kappa shape index (κ2) is 8.76. The molecule has 1 aromatic heterocycles. The number of fused-ring (bicyclic) bond motifs is 1. The van der Waals surface area contributed by atoms with Crippen LogP contribution in [0.2, 0.25) is 0 Å². The molecule has 30 heavy (non-hydrogen) atoms. The summed E-state index contributed by atoms with van der Waals surface area (Å²) in [4.78, 5) is 19.7. The number of hydrogen-bond donors (Lipinski definition) is 1. The van der Waals surface area contributed by atoms with E-state index in [1.807, 2.05) is 61.5 Å². The lowest BCUT2D eigenvalue weighted by molar-refractivity contribution is -0.112. The van der Waals surface area contributed by atoms with Crippen molar-refractivity contribution in [3.63, 3.8) is 0 Å². The van der Waals surface area contributed by atoms with Crippen molar-refractivity contribution in [2.24, 2.45) is 0 Å². The lowest BCUT2D eigenvalue weighted by atomic mass is 10.1. The van der Waals surface area contributed by atoms with Gasteiger partial charge >= 0.3 is 0 Å².